The first-order chi connectivity index (χ1) is 14.4. The molecule has 1 saturated heterocycles. The van der Waals surface area contributed by atoms with Crippen molar-refractivity contribution in [1.29, 1.82) is 0 Å². The fourth-order valence-corrected chi connectivity index (χ4v) is 5.60. The van der Waals surface area contributed by atoms with Crippen LogP contribution in [0.2, 0.25) is 0 Å². The molecule has 0 aromatic heterocycles. The van der Waals surface area contributed by atoms with Crippen LogP contribution in [0.3, 0.4) is 0 Å². The number of carbonyl (C=O) groups excluding carboxylic acids is 1. The van der Waals surface area contributed by atoms with Crippen molar-refractivity contribution in [2.75, 3.05) is 25.0 Å². The molecule has 160 valence electrons. The van der Waals surface area contributed by atoms with Gasteiger partial charge in [-0.2, -0.15) is 4.31 Å². The highest BCUT2D eigenvalue weighted by Gasteiger charge is 2.44. The summed E-state index contributed by atoms with van der Waals surface area (Å²) in [5, 5.41) is 2.84. The van der Waals surface area contributed by atoms with Crippen molar-refractivity contribution >= 4 is 21.6 Å². The topological polar surface area (TPSA) is 75.7 Å². The Morgan fingerprint density at radius 2 is 1.87 bits per heavy atom. The molecule has 8 heteroatoms. The van der Waals surface area contributed by atoms with E-state index in [-0.39, 0.29) is 34.2 Å². The molecule has 1 N–H and O–H groups in total. The van der Waals surface area contributed by atoms with Crippen LogP contribution < -0.4 is 10.1 Å². The highest BCUT2D eigenvalue weighted by molar-refractivity contribution is 7.89. The molecule has 0 radical (unpaired) electrons. The van der Waals surface area contributed by atoms with Gasteiger partial charge in [-0.25, -0.2) is 12.8 Å². The van der Waals surface area contributed by atoms with Crippen LogP contribution in [0, 0.1) is 11.7 Å². The van der Waals surface area contributed by atoms with Gasteiger partial charge in [-0.1, -0.05) is 12.1 Å². The minimum atomic E-state index is -3.69. The Morgan fingerprint density at radius 1 is 1.17 bits per heavy atom. The van der Waals surface area contributed by atoms with Gasteiger partial charge in [0.05, 0.1) is 6.61 Å². The second-order valence-corrected chi connectivity index (χ2v) is 9.60. The van der Waals surface area contributed by atoms with E-state index >= 15 is 0 Å². The van der Waals surface area contributed by atoms with Crippen LogP contribution in [-0.2, 0) is 14.8 Å². The van der Waals surface area contributed by atoms with E-state index in [9.17, 15) is 17.6 Å². The first-order valence-corrected chi connectivity index (χ1v) is 11.7. The third-order valence-corrected chi connectivity index (χ3v) is 7.54. The number of anilines is 1. The summed E-state index contributed by atoms with van der Waals surface area (Å²) >= 11 is 0. The van der Waals surface area contributed by atoms with E-state index in [1.807, 2.05) is 0 Å². The van der Waals surface area contributed by atoms with Gasteiger partial charge in [0, 0.05) is 24.7 Å². The van der Waals surface area contributed by atoms with E-state index < -0.39 is 10.0 Å². The molecule has 2 atom stereocenters. The first-order valence-electron chi connectivity index (χ1n) is 10.2. The third kappa shape index (κ3) is 4.20. The summed E-state index contributed by atoms with van der Waals surface area (Å²) < 4.78 is 46.3. The fourth-order valence-electron chi connectivity index (χ4n) is 3.93. The first kappa shape index (κ1) is 20.8. The highest BCUT2D eigenvalue weighted by atomic mass is 32.2. The molecule has 1 heterocycles. The second-order valence-electron chi connectivity index (χ2n) is 7.70. The normalized spacial score (nSPS) is 21.4. The molecule has 6 nitrogen and oxygen atoms in total. The third-order valence-electron chi connectivity index (χ3n) is 5.62. The van der Waals surface area contributed by atoms with Gasteiger partial charge < -0.3 is 10.1 Å². The Balaban J connectivity index is 1.52. The number of carbonyl (C=O) groups is 1. The van der Waals surface area contributed by atoms with Crippen molar-refractivity contribution in [3.8, 4) is 5.75 Å². The minimum Gasteiger partial charge on any atom is -0.492 e. The van der Waals surface area contributed by atoms with Gasteiger partial charge in [0.15, 0.2) is 0 Å². The summed E-state index contributed by atoms with van der Waals surface area (Å²) in [5.41, 5.74) is 1.35. The number of benzene rings is 2. The molecule has 0 spiro atoms. The van der Waals surface area contributed by atoms with Crippen molar-refractivity contribution in [2.45, 2.75) is 37.0 Å². The number of nitrogens with zero attached hydrogens (tertiary/aromatic N) is 1. The highest BCUT2D eigenvalue weighted by Crippen LogP contribution is 2.48. The predicted octanol–water partition coefficient (Wildman–Crippen LogP) is 3.75. The van der Waals surface area contributed by atoms with E-state index in [4.69, 9.17) is 4.74 Å². The molecule has 30 heavy (non-hydrogen) atoms. The Labute approximate surface area is 176 Å². The number of nitrogens with one attached hydrogen (secondary N) is 1. The quantitative estimate of drug-likeness (QED) is 0.723. The van der Waals surface area contributed by atoms with Crippen molar-refractivity contribution in [3.05, 3.63) is 53.8 Å². The number of hydrogen-bond acceptors (Lipinski definition) is 4. The molecular weight excluding hydrogens is 407 g/mol. The van der Waals surface area contributed by atoms with Gasteiger partial charge in [-0.3, -0.25) is 4.79 Å². The van der Waals surface area contributed by atoms with Crippen LogP contribution in [0.15, 0.2) is 47.4 Å². The average molecular weight is 433 g/mol. The van der Waals surface area contributed by atoms with Crippen LogP contribution in [0.4, 0.5) is 10.1 Å². The fraction of sp³-hybridized carbons (Fsp3) is 0.409. The van der Waals surface area contributed by atoms with E-state index in [1.165, 1.54) is 22.5 Å². The van der Waals surface area contributed by atoms with E-state index in [0.717, 1.165) is 18.4 Å². The number of hydrogen-bond donors (Lipinski definition) is 1. The summed E-state index contributed by atoms with van der Waals surface area (Å²) in [6.45, 7) is 3.12. The minimum absolute atomic E-state index is 0.0566. The summed E-state index contributed by atoms with van der Waals surface area (Å²) in [6, 6.07) is 10.9. The molecule has 2 fully saturated rings. The second kappa shape index (κ2) is 8.35. The molecule has 0 bridgehead atoms. The van der Waals surface area contributed by atoms with Gasteiger partial charge >= 0.3 is 0 Å². The molecular formula is C22H25FN2O4S. The van der Waals surface area contributed by atoms with Crippen molar-refractivity contribution in [3.63, 3.8) is 0 Å². The van der Waals surface area contributed by atoms with Crippen molar-refractivity contribution in [2.24, 2.45) is 5.92 Å². The Bertz CT molecular complexity index is 1030. The zero-order valence-electron chi connectivity index (χ0n) is 16.8. The van der Waals surface area contributed by atoms with Crippen LogP contribution in [0.1, 0.15) is 37.7 Å². The molecule has 2 aliphatic rings. The summed E-state index contributed by atoms with van der Waals surface area (Å²) in [7, 11) is -3.69. The summed E-state index contributed by atoms with van der Waals surface area (Å²) in [5.74, 6) is -0.334. The maximum Gasteiger partial charge on any atom is 0.246 e. The Kier molecular flexibility index (Phi) is 5.79. The monoisotopic (exact) mass is 432 g/mol. The number of amides is 1. The lowest BCUT2D eigenvalue weighted by molar-refractivity contribution is -0.117. The number of sulfonamides is 1. The molecule has 2 aromatic rings. The van der Waals surface area contributed by atoms with Gasteiger partial charge in [0.2, 0.25) is 15.9 Å². The van der Waals surface area contributed by atoms with E-state index in [2.05, 4.69) is 5.32 Å². The van der Waals surface area contributed by atoms with Gasteiger partial charge in [-0.05, 0) is 68.0 Å². The summed E-state index contributed by atoms with van der Waals surface area (Å²) in [6.07, 6.45) is 2.37. The largest absolute Gasteiger partial charge is 0.492 e. The lowest BCUT2D eigenvalue weighted by Crippen LogP contribution is -2.28. The number of halogens is 1. The predicted molar refractivity (Wildman–Crippen MR) is 111 cm³/mol. The molecule has 4 rings (SSSR count). The van der Waals surface area contributed by atoms with Gasteiger partial charge in [0.25, 0.3) is 0 Å². The average Bonchev–Trinajstić information content (AvgIpc) is 3.32. The molecule has 1 amide bonds. The molecule has 2 aromatic carbocycles. The van der Waals surface area contributed by atoms with Crippen LogP contribution in [-0.4, -0.2) is 38.3 Å². The lowest BCUT2D eigenvalue weighted by atomic mass is 10.1. The molecule has 1 aliphatic heterocycles. The van der Waals surface area contributed by atoms with E-state index in [0.29, 0.717) is 31.8 Å². The summed E-state index contributed by atoms with van der Waals surface area (Å²) in [4.78, 5) is 12.8. The maximum absolute atomic E-state index is 13.1. The van der Waals surface area contributed by atoms with E-state index in [1.54, 1.807) is 31.2 Å². The number of ether oxygens (including phenoxy) is 1. The van der Waals surface area contributed by atoms with Gasteiger partial charge in [-0.15, -0.1) is 0 Å². The Hall–Kier alpha value is -2.45. The van der Waals surface area contributed by atoms with Crippen LogP contribution >= 0.6 is 0 Å². The Morgan fingerprint density at radius 3 is 2.53 bits per heavy atom. The van der Waals surface area contributed by atoms with Crippen LogP contribution in [0.5, 0.6) is 5.75 Å². The molecule has 1 aliphatic carbocycles. The number of rotatable bonds is 7. The zero-order valence-corrected chi connectivity index (χ0v) is 17.6. The smallest absolute Gasteiger partial charge is 0.246 e. The maximum atomic E-state index is 13.1. The standard InChI is InChI=1S/C22H25FN2O4S/c1-2-29-20-10-9-17(13-21(20)30(27,28)25-11-3-4-12-25)24-22(26)19-14-18(19)15-5-7-16(23)8-6-15/h5-10,13,18-19H,2-4,11-12,14H2,1H3,(H,24,26). The van der Waals surface area contributed by atoms with Crippen molar-refractivity contribution in [1.82, 2.24) is 4.31 Å². The van der Waals surface area contributed by atoms with Gasteiger partial charge in [0.1, 0.15) is 16.5 Å². The lowest BCUT2D eigenvalue weighted by Gasteiger charge is -2.19. The van der Waals surface area contributed by atoms with Crippen LogP contribution in [0.25, 0.3) is 0 Å². The molecule has 1 saturated carbocycles. The molecule has 2 unspecified atom stereocenters. The van der Waals surface area contributed by atoms with Crippen molar-refractivity contribution < 1.29 is 22.3 Å². The SMILES string of the molecule is CCOc1ccc(NC(=O)C2CC2c2ccc(F)cc2)cc1S(=O)(=O)N1CCCC1. The zero-order chi connectivity index (χ0) is 21.3.